The van der Waals surface area contributed by atoms with Gasteiger partial charge in [-0.25, -0.2) is 9.18 Å². The van der Waals surface area contributed by atoms with E-state index in [1.54, 1.807) is 18.2 Å². The lowest BCUT2D eigenvalue weighted by Crippen LogP contribution is -2.20. The van der Waals surface area contributed by atoms with Crippen LogP contribution in [0, 0.1) is 5.82 Å². The second-order valence-electron chi connectivity index (χ2n) is 4.07. The van der Waals surface area contributed by atoms with Crippen molar-refractivity contribution in [3.63, 3.8) is 0 Å². The Morgan fingerprint density at radius 3 is 2.60 bits per heavy atom. The van der Waals surface area contributed by atoms with Crippen molar-refractivity contribution in [3.8, 4) is 0 Å². The van der Waals surface area contributed by atoms with Crippen molar-refractivity contribution in [1.82, 2.24) is 0 Å². The zero-order valence-corrected chi connectivity index (χ0v) is 12.5. The molecule has 3 nitrogen and oxygen atoms in total. The number of hydrogen-bond acceptors (Lipinski definition) is 2. The third-order valence-electron chi connectivity index (χ3n) is 2.70. The Balaban J connectivity index is 2.34. The fraction of sp³-hybridized carbons (Fsp3) is 0.0714. The summed E-state index contributed by atoms with van der Waals surface area (Å²) in [5.74, 6) is -1.66. The van der Waals surface area contributed by atoms with Crippen LogP contribution in [0.1, 0.15) is 11.6 Å². The number of nitrogens with one attached hydrogen (secondary N) is 1. The first-order valence-electron chi connectivity index (χ1n) is 5.68. The number of rotatable bonds is 4. The van der Waals surface area contributed by atoms with E-state index >= 15 is 0 Å². The number of carbonyl (C=O) groups is 1. The van der Waals surface area contributed by atoms with Crippen LogP contribution in [-0.4, -0.2) is 11.1 Å². The molecule has 0 saturated carbocycles. The number of carboxylic acids is 1. The highest BCUT2D eigenvalue weighted by Crippen LogP contribution is 2.28. The molecule has 0 radical (unpaired) electrons. The molecular formula is C14H10BrClFNO2. The average Bonchev–Trinajstić information content (AvgIpc) is 2.41. The molecule has 1 atom stereocenters. The number of hydrogen-bond donors (Lipinski definition) is 2. The molecule has 0 aromatic heterocycles. The highest BCUT2D eigenvalue weighted by Gasteiger charge is 2.21. The fourth-order valence-electron chi connectivity index (χ4n) is 1.71. The zero-order chi connectivity index (χ0) is 14.7. The first kappa shape index (κ1) is 14.8. The molecule has 0 spiro atoms. The minimum atomic E-state index is -1.08. The predicted molar refractivity (Wildman–Crippen MR) is 79.6 cm³/mol. The van der Waals surface area contributed by atoms with Crippen molar-refractivity contribution in [3.05, 3.63) is 63.3 Å². The van der Waals surface area contributed by atoms with Crippen LogP contribution in [0.2, 0.25) is 5.02 Å². The van der Waals surface area contributed by atoms with Gasteiger partial charge in [-0.3, -0.25) is 0 Å². The van der Waals surface area contributed by atoms with Gasteiger partial charge in [0.2, 0.25) is 0 Å². The standard InChI is InChI=1S/C14H10BrClFNO2/c15-9-3-1-2-4-12(9)18-13(14(19)20)8-5-6-11(17)10(16)7-8/h1-7,13,18H,(H,19,20). The molecule has 0 aliphatic heterocycles. The van der Waals surface area contributed by atoms with Gasteiger partial charge >= 0.3 is 5.97 Å². The van der Waals surface area contributed by atoms with Crippen LogP contribution < -0.4 is 5.32 Å². The summed E-state index contributed by atoms with van der Waals surface area (Å²) in [7, 11) is 0. The molecule has 0 bridgehead atoms. The van der Waals surface area contributed by atoms with Crippen molar-refractivity contribution in [2.75, 3.05) is 5.32 Å². The molecule has 0 aliphatic carbocycles. The van der Waals surface area contributed by atoms with Crippen LogP contribution in [0.4, 0.5) is 10.1 Å². The summed E-state index contributed by atoms with van der Waals surface area (Å²) < 4.78 is 13.9. The number of carboxylic acid groups (broad SMARTS) is 1. The molecule has 20 heavy (non-hydrogen) atoms. The van der Waals surface area contributed by atoms with Crippen molar-refractivity contribution in [1.29, 1.82) is 0 Å². The third kappa shape index (κ3) is 3.29. The maximum absolute atomic E-state index is 13.1. The predicted octanol–water partition coefficient (Wildman–Crippen LogP) is 4.48. The number of anilines is 1. The van der Waals surface area contributed by atoms with E-state index in [-0.39, 0.29) is 5.02 Å². The van der Waals surface area contributed by atoms with Gasteiger partial charge in [0.1, 0.15) is 5.82 Å². The summed E-state index contributed by atoms with van der Waals surface area (Å²) in [6.07, 6.45) is 0. The van der Waals surface area contributed by atoms with Gasteiger partial charge in [-0.15, -0.1) is 0 Å². The molecule has 0 heterocycles. The smallest absolute Gasteiger partial charge is 0.330 e. The van der Waals surface area contributed by atoms with E-state index in [0.29, 0.717) is 11.3 Å². The van der Waals surface area contributed by atoms with Gasteiger partial charge < -0.3 is 10.4 Å². The number of para-hydroxylation sites is 1. The van der Waals surface area contributed by atoms with Gasteiger partial charge in [-0.1, -0.05) is 29.8 Å². The maximum Gasteiger partial charge on any atom is 0.330 e. The van der Waals surface area contributed by atoms with Crippen LogP contribution in [-0.2, 0) is 4.79 Å². The van der Waals surface area contributed by atoms with Crippen molar-refractivity contribution >= 4 is 39.2 Å². The SMILES string of the molecule is O=C(O)C(Nc1ccccc1Br)c1ccc(F)c(Cl)c1. The lowest BCUT2D eigenvalue weighted by molar-refractivity contribution is -0.138. The van der Waals surface area contributed by atoms with Crippen LogP contribution in [0.15, 0.2) is 46.9 Å². The third-order valence-corrected chi connectivity index (χ3v) is 3.68. The second-order valence-corrected chi connectivity index (χ2v) is 5.33. The first-order chi connectivity index (χ1) is 9.49. The first-order valence-corrected chi connectivity index (χ1v) is 6.85. The Kier molecular flexibility index (Phi) is 4.62. The monoisotopic (exact) mass is 357 g/mol. The summed E-state index contributed by atoms with van der Waals surface area (Å²) in [5.41, 5.74) is 1.00. The Bertz CT molecular complexity index is 651. The molecule has 104 valence electrons. The lowest BCUT2D eigenvalue weighted by Gasteiger charge is -2.17. The summed E-state index contributed by atoms with van der Waals surface area (Å²) in [6.45, 7) is 0. The normalized spacial score (nSPS) is 11.9. The van der Waals surface area contributed by atoms with E-state index < -0.39 is 17.8 Å². The summed E-state index contributed by atoms with van der Waals surface area (Å²) in [4.78, 5) is 11.4. The van der Waals surface area contributed by atoms with E-state index in [1.807, 2.05) is 6.07 Å². The van der Waals surface area contributed by atoms with Gasteiger partial charge in [-0.2, -0.15) is 0 Å². The van der Waals surface area contributed by atoms with Gasteiger partial charge in [0.05, 0.1) is 5.02 Å². The van der Waals surface area contributed by atoms with Gasteiger partial charge in [0.25, 0.3) is 0 Å². The molecule has 2 rings (SSSR count). The summed E-state index contributed by atoms with van der Waals surface area (Å²) in [5, 5.41) is 12.1. The van der Waals surface area contributed by atoms with Gasteiger partial charge in [0.15, 0.2) is 6.04 Å². The molecule has 2 N–H and O–H groups in total. The molecule has 0 fully saturated rings. The van der Waals surface area contributed by atoms with Crippen molar-refractivity contribution in [2.45, 2.75) is 6.04 Å². The van der Waals surface area contributed by atoms with Gasteiger partial charge in [0, 0.05) is 10.2 Å². The summed E-state index contributed by atoms with van der Waals surface area (Å²) in [6, 6.07) is 9.96. The maximum atomic E-state index is 13.1. The van der Waals surface area contributed by atoms with Crippen molar-refractivity contribution in [2.24, 2.45) is 0 Å². The topological polar surface area (TPSA) is 49.3 Å². The highest BCUT2D eigenvalue weighted by molar-refractivity contribution is 9.10. The molecule has 6 heteroatoms. The average molecular weight is 359 g/mol. The Morgan fingerprint density at radius 2 is 2.00 bits per heavy atom. The molecule has 1 unspecified atom stereocenters. The second kappa shape index (κ2) is 6.24. The minimum absolute atomic E-state index is 0.109. The number of benzene rings is 2. The quantitative estimate of drug-likeness (QED) is 0.847. The fourth-order valence-corrected chi connectivity index (χ4v) is 2.30. The van der Waals surface area contributed by atoms with E-state index in [0.717, 1.165) is 10.5 Å². The van der Waals surface area contributed by atoms with Crippen molar-refractivity contribution < 1.29 is 14.3 Å². The Morgan fingerprint density at radius 1 is 1.30 bits per heavy atom. The molecular weight excluding hydrogens is 349 g/mol. The van der Waals surface area contributed by atoms with Crippen LogP contribution >= 0.6 is 27.5 Å². The Labute approximate surface area is 128 Å². The lowest BCUT2D eigenvalue weighted by atomic mass is 10.1. The van der Waals surface area contributed by atoms with E-state index in [9.17, 15) is 14.3 Å². The molecule has 0 amide bonds. The van der Waals surface area contributed by atoms with Gasteiger partial charge in [-0.05, 0) is 45.8 Å². The molecule has 2 aromatic carbocycles. The Hall–Kier alpha value is -1.59. The number of halogens is 3. The van der Waals surface area contributed by atoms with E-state index in [4.69, 9.17) is 11.6 Å². The van der Waals surface area contributed by atoms with Crippen LogP contribution in [0.3, 0.4) is 0 Å². The largest absolute Gasteiger partial charge is 0.479 e. The van der Waals surface area contributed by atoms with E-state index in [2.05, 4.69) is 21.2 Å². The zero-order valence-electron chi connectivity index (χ0n) is 10.1. The number of aliphatic carboxylic acids is 1. The minimum Gasteiger partial charge on any atom is -0.479 e. The van der Waals surface area contributed by atoms with Crippen LogP contribution in [0.25, 0.3) is 0 Å². The van der Waals surface area contributed by atoms with Crippen LogP contribution in [0.5, 0.6) is 0 Å². The molecule has 2 aromatic rings. The van der Waals surface area contributed by atoms with E-state index in [1.165, 1.54) is 12.1 Å². The summed E-state index contributed by atoms with van der Waals surface area (Å²) >= 11 is 9.02. The molecule has 0 aliphatic rings. The molecule has 0 saturated heterocycles. The highest BCUT2D eigenvalue weighted by atomic mass is 79.9.